The molecule has 2 aromatic rings. The summed E-state index contributed by atoms with van der Waals surface area (Å²) in [5.41, 5.74) is 0. The number of nitrogens with zero attached hydrogens (tertiary/aromatic N) is 1. The van der Waals surface area contributed by atoms with E-state index < -0.39 is 15.8 Å². The molecule has 2 rings (SSSR count). The number of ether oxygens (including phenoxy) is 1. The Labute approximate surface area is 134 Å². The first-order chi connectivity index (χ1) is 10.4. The number of halogens is 2. The van der Waals surface area contributed by atoms with Crippen molar-refractivity contribution in [3.8, 4) is 5.75 Å². The fraction of sp³-hybridized carbons (Fsp3) is 0.200. The first kappa shape index (κ1) is 16.7. The van der Waals surface area contributed by atoms with Crippen LogP contribution in [-0.4, -0.2) is 32.9 Å². The second-order valence-electron chi connectivity index (χ2n) is 4.59. The second kappa shape index (κ2) is 7.09. The molecule has 2 aromatic carbocycles. The monoisotopic (exact) mass is 343 g/mol. The van der Waals surface area contributed by atoms with Crippen LogP contribution in [0, 0.1) is 5.82 Å². The minimum absolute atomic E-state index is 0.0820. The van der Waals surface area contributed by atoms with Crippen molar-refractivity contribution in [1.29, 1.82) is 0 Å². The average molecular weight is 344 g/mol. The lowest BCUT2D eigenvalue weighted by Crippen LogP contribution is -2.31. The standard InChI is InChI=1S/C15H15ClFNO3S/c1-18(9-10-21-14-7-5-12(16)6-8-14)22(19,20)15-4-2-3-13(17)11-15/h2-8,11H,9-10H2,1H3. The van der Waals surface area contributed by atoms with Gasteiger partial charge < -0.3 is 4.74 Å². The van der Waals surface area contributed by atoms with Crippen LogP contribution in [0.25, 0.3) is 0 Å². The molecule has 0 bridgehead atoms. The number of hydrogen-bond donors (Lipinski definition) is 0. The minimum atomic E-state index is -3.73. The van der Waals surface area contributed by atoms with Gasteiger partial charge in [-0.05, 0) is 42.5 Å². The summed E-state index contributed by atoms with van der Waals surface area (Å²) in [5.74, 6) is 0.00726. The van der Waals surface area contributed by atoms with Gasteiger partial charge in [-0.2, -0.15) is 4.31 Å². The summed E-state index contributed by atoms with van der Waals surface area (Å²) in [6, 6.07) is 11.7. The van der Waals surface area contributed by atoms with Crippen LogP contribution in [0.5, 0.6) is 5.75 Å². The fourth-order valence-electron chi connectivity index (χ4n) is 1.75. The molecule has 22 heavy (non-hydrogen) atoms. The van der Waals surface area contributed by atoms with E-state index in [-0.39, 0.29) is 18.0 Å². The van der Waals surface area contributed by atoms with Gasteiger partial charge in [0.2, 0.25) is 10.0 Å². The van der Waals surface area contributed by atoms with Crippen LogP contribution in [0.2, 0.25) is 5.02 Å². The molecule has 0 unspecified atom stereocenters. The van der Waals surface area contributed by atoms with Crippen molar-refractivity contribution in [3.63, 3.8) is 0 Å². The van der Waals surface area contributed by atoms with Gasteiger partial charge in [0.1, 0.15) is 18.2 Å². The maximum atomic E-state index is 13.1. The second-order valence-corrected chi connectivity index (χ2v) is 7.07. The number of benzene rings is 2. The quantitative estimate of drug-likeness (QED) is 0.809. The van der Waals surface area contributed by atoms with Crippen LogP contribution in [0.4, 0.5) is 4.39 Å². The van der Waals surface area contributed by atoms with Crippen LogP contribution < -0.4 is 4.74 Å². The molecule has 0 fully saturated rings. The summed E-state index contributed by atoms with van der Waals surface area (Å²) in [6.07, 6.45) is 0. The number of hydrogen-bond acceptors (Lipinski definition) is 3. The van der Waals surface area contributed by atoms with Gasteiger partial charge in [0.05, 0.1) is 4.90 Å². The predicted octanol–water partition coefficient (Wildman–Crippen LogP) is 3.18. The zero-order valence-corrected chi connectivity index (χ0v) is 13.4. The molecular formula is C15H15ClFNO3S. The molecule has 4 nitrogen and oxygen atoms in total. The van der Waals surface area contributed by atoms with Crippen molar-refractivity contribution in [2.45, 2.75) is 4.90 Å². The van der Waals surface area contributed by atoms with Gasteiger partial charge in [-0.15, -0.1) is 0 Å². The number of sulfonamides is 1. The molecule has 0 N–H and O–H groups in total. The van der Waals surface area contributed by atoms with Gasteiger partial charge in [-0.1, -0.05) is 17.7 Å². The van der Waals surface area contributed by atoms with Gasteiger partial charge in [-0.25, -0.2) is 12.8 Å². The van der Waals surface area contributed by atoms with E-state index in [1.54, 1.807) is 24.3 Å². The summed E-state index contributed by atoms with van der Waals surface area (Å²) >= 11 is 5.76. The highest BCUT2D eigenvalue weighted by Gasteiger charge is 2.20. The topological polar surface area (TPSA) is 46.6 Å². The largest absolute Gasteiger partial charge is 0.492 e. The fourth-order valence-corrected chi connectivity index (χ4v) is 3.06. The molecule has 0 radical (unpaired) electrons. The molecule has 118 valence electrons. The van der Waals surface area contributed by atoms with Gasteiger partial charge in [0, 0.05) is 18.6 Å². The van der Waals surface area contributed by atoms with E-state index in [1.807, 2.05) is 0 Å². The van der Waals surface area contributed by atoms with Gasteiger partial charge in [0.15, 0.2) is 0 Å². The van der Waals surface area contributed by atoms with Gasteiger partial charge >= 0.3 is 0 Å². The van der Waals surface area contributed by atoms with Crippen LogP contribution >= 0.6 is 11.6 Å². The van der Waals surface area contributed by atoms with E-state index in [2.05, 4.69) is 0 Å². The van der Waals surface area contributed by atoms with E-state index in [0.717, 1.165) is 10.4 Å². The molecule has 0 aliphatic carbocycles. The number of likely N-dealkylation sites (N-methyl/N-ethyl adjacent to an activating group) is 1. The van der Waals surface area contributed by atoms with Crippen LogP contribution in [0.15, 0.2) is 53.4 Å². The zero-order valence-electron chi connectivity index (χ0n) is 11.9. The van der Waals surface area contributed by atoms with Crippen LogP contribution in [0.1, 0.15) is 0 Å². The predicted molar refractivity (Wildman–Crippen MR) is 83.2 cm³/mol. The molecule has 0 spiro atoms. The summed E-state index contributed by atoms with van der Waals surface area (Å²) in [5, 5.41) is 0.596. The third-order valence-corrected chi connectivity index (χ3v) is 5.10. The molecule has 0 aliphatic heterocycles. The molecule has 0 atom stereocenters. The Hall–Kier alpha value is -1.63. The SMILES string of the molecule is CN(CCOc1ccc(Cl)cc1)S(=O)(=O)c1cccc(F)c1. The molecule has 0 saturated heterocycles. The van der Waals surface area contributed by atoms with Crippen molar-refractivity contribution < 1.29 is 17.5 Å². The van der Waals surface area contributed by atoms with Crippen molar-refractivity contribution in [3.05, 3.63) is 59.4 Å². The van der Waals surface area contributed by atoms with Crippen molar-refractivity contribution in [2.24, 2.45) is 0 Å². The van der Waals surface area contributed by atoms with Crippen molar-refractivity contribution in [2.75, 3.05) is 20.2 Å². The molecule has 0 heterocycles. The lowest BCUT2D eigenvalue weighted by Gasteiger charge is -2.17. The summed E-state index contributed by atoms with van der Waals surface area (Å²) < 4.78 is 44.2. The first-order valence-electron chi connectivity index (χ1n) is 6.50. The van der Waals surface area contributed by atoms with Crippen molar-refractivity contribution >= 4 is 21.6 Å². The van der Waals surface area contributed by atoms with E-state index in [4.69, 9.17) is 16.3 Å². The molecule has 0 aliphatic rings. The maximum Gasteiger partial charge on any atom is 0.243 e. The Bertz CT molecular complexity index is 735. The Kier molecular flexibility index (Phi) is 5.39. The van der Waals surface area contributed by atoms with Crippen LogP contribution in [0.3, 0.4) is 0 Å². The molecular weight excluding hydrogens is 329 g/mol. The van der Waals surface area contributed by atoms with Crippen LogP contribution in [-0.2, 0) is 10.0 Å². The van der Waals surface area contributed by atoms with E-state index >= 15 is 0 Å². The molecule has 0 saturated carbocycles. The smallest absolute Gasteiger partial charge is 0.243 e. The summed E-state index contributed by atoms with van der Waals surface area (Å²) in [4.78, 5) is -0.0820. The highest BCUT2D eigenvalue weighted by atomic mass is 35.5. The van der Waals surface area contributed by atoms with Gasteiger partial charge in [0.25, 0.3) is 0 Å². The number of rotatable bonds is 6. The third-order valence-electron chi connectivity index (χ3n) is 2.99. The normalized spacial score (nSPS) is 11.6. The summed E-state index contributed by atoms with van der Waals surface area (Å²) in [6.45, 7) is 0.314. The van der Waals surface area contributed by atoms with Gasteiger partial charge in [-0.3, -0.25) is 0 Å². The maximum absolute atomic E-state index is 13.1. The molecule has 0 amide bonds. The lowest BCUT2D eigenvalue weighted by molar-refractivity contribution is 0.287. The lowest BCUT2D eigenvalue weighted by atomic mass is 10.3. The molecule has 7 heteroatoms. The van der Waals surface area contributed by atoms with E-state index in [0.29, 0.717) is 10.8 Å². The Morgan fingerprint density at radius 1 is 1.18 bits per heavy atom. The average Bonchev–Trinajstić information content (AvgIpc) is 2.49. The Morgan fingerprint density at radius 3 is 2.50 bits per heavy atom. The van der Waals surface area contributed by atoms with E-state index in [9.17, 15) is 12.8 Å². The Morgan fingerprint density at radius 2 is 1.86 bits per heavy atom. The highest BCUT2D eigenvalue weighted by molar-refractivity contribution is 7.89. The summed E-state index contributed by atoms with van der Waals surface area (Å²) in [7, 11) is -2.31. The first-order valence-corrected chi connectivity index (χ1v) is 8.31. The highest BCUT2D eigenvalue weighted by Crippen LogP contribution is 2.17. The van der Waals surface area contributed by atoms with E-state index in [1.165, 1.54) is 25.2 Å². The zero-order chi connectivity index (χ0) is 16.2. The molecule has 0 aromatic heterocycles. The minimum Gasteiger partial charge on any atom is -0.492 e. The Balaban J connectivity index is 1.96. The third kappa shape index (κ3) is 4.19. The van der Waals surface area contributed by atoms with Crippen molar-refractivity contribution in [1.82, 2.24) is 4.31 Å².